The maximum atomic E-state index is 5.98. The van der Waals surface area contributed by atoms with Crippen molar-refractivity contribution in [1.82, 2.24) is 9.97 Å². The third kappa shape index (κ3) is 3.14. The van der Waals surface area contributed by atoms with Crippen molar-refractivity contribution < 1.29 is 0 Å². The summed E-state index contributed by atoms with van der Waals surface area (Å²) >= 11 is 0. The molecule has 1 aromatic heterocycles. The highest BCUT2D eigenvalue weighted by atomic mass is 15.1. The van der Waals surface area contributed by atoms with Gasteiger partial charge in [0.15, 0.2) is 0 Å². The fourth-order valence-electron chi connectivity index (χ4n) is 2.09. The molecule has 0 saturated heterocycles. The maximum Gasteiger partial charge on any atom is 0.130 e. The Bertz CT molecular complexity index is 553. The number of hydrogen-bond acceptors (Lipinski definition) is 4. The molecule has 0 radical (unpaired) electrons. The van der Waals surface area contributed by atoms with Crippen LogP contribution >= 0.6 is 0 Å². The molecule has 0 aliphatic rings. The van der Waals surface area contributed by atoms with Gasteiger partial charge in [0.1, 0.15) is 12.1 Å². The second-order valence-electron chi connectivity index (χ2n) is 5.51. The largest absolute Gasteiger partial charge is 0.359 e. The van der Waals surface area contributed by atoms with Gasteiger partial charge in [0, 0.05) is 18.3 Å². The van der Waals surface area contributed by atoms with Gasteiger partial charge >= 0.3 is 0 Å². The SMILES string of the molecule is CC(C)c1cc(NC(C)(CN)c2ccccc2)ncn1. The van der Waals surface area contributed by atoms with Crippen LogP contribution in [0.2, 0.25) is 0 Å². The molecular formula is C16H22N4. The van der Waals surface area contributed by atoms with E-state index in [2.05, 4.69) is 48.2 Å². The molecule has 0 fully saturated rings. The minimum atomic E-state index is -0.343. The van der Waals surface area contributed by atoms with Crippen molar-refractivity contribution in [3.63, 3.8) is 0 Å². The van der Waals surface area contributed by atoms with Crippen LogP contribution in [0.15, 0.2) is 42.7 Å². The molecule has 4 heteroatoms. The summed E-state index contributed by atoms with van der Waals surface area (Å²) in [6, 6.07) is 12.2. The third-order valence-corrected chi connectivity index (χ3v) is 3.50. The number of nitrogens with zero attached hydrogens (tertiary/aromatic N) is 2. The van der Waals surface area contributed by atoms with E-state index in [1.165, 1.54) is 0 Å². The summed E-state index contributed by atoms with van der Waals surface area (Å²) < 4.78 is 0. The standard InChI is InChI=1S/C16H22N4/c1-12(2)14-9-15(19-11-18-14)20-16(3,10-17)13-7-5-4-6-8-13/h4-9,11-12H,10,17H2,1-3H3,(H,18,19,20). The maximum absolute atomic E-state index is 5.98. The predicted octanol–water partition coefficient (Wildman–Crippen LogP) is 2.89. The van der Waals surface area contributed by atoms with Crippen LogP contribution in [0.5, 0.6) is 0 Å². The number of rotatable bonds is 5. The number of aromatic nitrogens is 2. The van der Waals surface area contributed by atoms with Gasteiger partial charge in [-0.25, -0.2) is 9.97 Å². The first-order chi connectivity index (χ1) is 9.55. The van der Waals surface area contributed by atoms with Gasteiger partial charge in [-0.3, -0.25) is 0 Å². The summed E-state index contributed by atoms with van der Waals surface area (Å²) in [5, 5.41) is 3.44. The Balaban J connectivity index is 2.28. The van der Waals surface area contributed by atoms with E-state index in [0.717, 1.165) is 17.1 Å². The Labute approximate surface area is 120 Å². The molecule has 20 heavy (non-hydrogen) atoms. The molecule has 0 amide bonds. The third-order valence-electron chi connectivity index (χ3n) is 3.50. The van der Waals surface area contributed by atoms with Crippen molar-refractivity contribution in [1.29, 1.82) is 0 Å². The molecule has 1 heterocycles. The highest BCUT2D eigenvalue weighted by molar-refractivity contribution is 5.42. The summed E-state index contributed by atoms with van der Waals surface area (Å²) in [6.07, 6.45) is 1.60. The zero-order chi connectivity index (χ0) is 14.6. The Morgan fingerprint density at radius 2 is 1.90 bits per heavy atom. The van der Waals surface area contributed by atoms with E-state index in [-0.39, 0.29) is 5.54 Å². The lowest BCUT2D eigenvalue weighted by atomic mass is 9.92. The minimum absolute atomic E-state index is 0.343. The predicted molar refractivity (Wildman–Crippen MR) is 82.6 cm³/mol. The van der Waals surface area contributed by atoms with E-state index in [1.807, 2.05) is 24.3 Å². The van der Waals surface area contributed by atoms with Crippen LogP contribution in [-0.4, -0.2) is 16.5 Å². The Kier molecular flexibility index (Phi) is 4.35. The minimum Gasteiger partial charge on any atom is -0.359 e. The van der Waals surface area contributed by atoms with Gasteiger partial charge in [-0.05, 0) is 18.4 Å². The van der Waals surface area contributed by atoms with Gasteiger partial charge in [-0.1, -0.05) is 44.2 Å². The molecule has 1 atom stereocenters. The molecule has 0 aliphatic heterocycles. The highest BCUT2D eigenvalue weighted by Crippen LogP contribution is 2.25. The summed E-state index contributed by atoms with van der Waals surface area (Å²) in [6.45, 7) is 6.80. The number of benzene rings is 1. The molecule has 0 aliphatic carbocycles. The van der Waals surface area contributed by atoms with Crippen LogP contribution in [0.4, 0.5) is 5.82 Å². The Hall–Kier alpha value is -1.94. The zero-order valence-electron chi connectivity index (χ0n) is 12.3. The van der Waals surface area contributed by atoms with Crippen LogP contribution in [0.1, 0.15) is 37.9 Å². The normalized spacial score (nSPS) is 14.1. The molecule has 106 valence electrons. The quantitative estimate of drug-likeness (QED) is 0.877. The molecule has 1 aromatic carbocycles. The molecule has 1 unspecified atom stereocenters. The first-order valence-electron chi connectivity index (χ1n) is 6.91. The molecular weight excluding hydrogens is 248 g/mol. The second-order valence-corrected chi connectivity index (χ2v) is 5.51. The average molecular weight is 270 g/mol. The van der Waals surface area contributed by atoms with Crippen molar-refractivity contribution in [3.8, 4) is 0 Å². The lowest BCUT2D eigenvalue weighted by Crippen LogP contribution is -2.40. The first-order valence-corrected chi connectivity index (χ1v) is 6.91. The fourth-order valence-corrected chi connectivity index (χ4v) is 2.09. The van der Waals surface area contributed by atoms with Crippen molar-refractivity contribution in [3.05, 3.63) is 54.0 Å². The molecule has 0 bridgehead atoms. The zero-order valence-corrected chi connectivity index (χ0v) is 12.3. The van der Waals surface area contributed by atoms with Gasteiger partial charge in [-0.2, -0.15) is 0 Å². The Morgan fingerprint density at radius 3 is 2.50 bits per heavy atom. The van der Waals surface area contributed by atoms with E-state index < -0.39 is 0 Å². The second kappa shape index (κ2) is 6.01. The van der Waals surface area contributed by atoms with Crippen molar-refractivity contribution in [2.45, 2.75) is 32.2 Å². The van der Waals surface area contributed by atoms with Crippen molar-refractivity contribution >= 4 is 5.82 Å². The molecule has 3 N–H and O–H groups in total. The van der Waals surface area contributed by atoms with E-state index in [1.54, 1.807) is 6.33 Å². The van der Waals surface area contributed by atoms with E-state index in [4.69, 9.17) is 5.73 Å². The van der Waals surface area contributed by atoms with Crippen LogP contribution in [-0.2, 0) is 5.54 Å². The summed E-state index contributed by atoms with van der Waals surface area (Å²) in [5.41, 5.74) is 7.80. The number of hydrogen-bond donors (Lipinski definition) is 2. The van der Waals surface area contributed by atoms with Crippen LogP contribution in [0, 0.1) is 0 Å². The molecule has 2 aromatic rings. The van der Waals surface area contributed by atoms with E-state index in [9.17, 15) is 0 Å². The monoisotopic (exact) mass is 270 g/mol. The van der Waals surface area contributed by atoms with Gasteiger partial charge in [0.25, 0.3) is 0 Å². The summed E-state index contributed by atoms with van der Waals surface area (Å²) in [4.78, 5) is 8.59. The number of anilines is 1. The van der Waals surface area contributed by atoms with Crippen molar-refractivity contribution in [2.75, 3.05) is 11.9 Å². The van der Waals surface area contributed by atoms with Gasteiger partial charge < -0.3 is 11.1 Å². The number of nitrogens with two attached hydrogens (primary N) is 1. The molecule has 4 nitrogen and oxygen atoms in total. The fraction of sp³-hybridized carbons (Fsp3) is 0.375. The topological polar surface area (TPSA) is 63.8 Å². The molecule has 0 spiro atoms. The van der Waals surface area contributed by atoms with Gasteiger partial charge in [0.2, 0.25) is 0 Å². The van der Waals surface area contributed by atoms with Gasteiger partial charge in [0.05, 0.1) is 5.54 Å². The lowest BCUT2D eigenvalue weighted by molar-refractivity contribution is 0.553. The molecule has 0 saturated carbocycles. The molecule has 2 rings (SSSR count). The van der Waals surface area contributed by atoms with Crippen LogP contribution in [0.25, 0.3) is 0 Å². The Morgan fingerprint density at radius 1 is 1.20 bits per heavy atom. The van der Waals surface area contributed by atoms with Crippen molar-refractivity contribution in [2.24, 2.45) is 5.73 Å². The van der Waals surface area contributed by atoms with Crippen LogP contribution in [0.3, 0.4) is 0 Å². The highest BCUT2D eigenvalue weighted by Gasteiger charge is 2.25. The smallest absolute Gasteiger partial charge is 0.130 e. The van der Waals surface area contributed by atoms with Gasteiger partial charge in [-0.15, -0.1) is 0 Å². The number of nitrogens with one attached hydrogen (secondary N) is 1. The lowest BCUT2D eigenvalue weighted by Gasteiger charge is -2.30. The first kappa shape index (κ1) is 14.5. The van der Waals surface area contributed by atoms with Crippen LogP contribution < -0.4 is 11.1 Å². The summed E-state index contributed by atoms with van der Waals surface area (Å²) in [7, 11) is 0. The van der Waals surface area contributed by atoms with E-state index in [0.29, 0.717) is 12.5 Å². The van der Waals surface area contributed by atoms with E-state index >= 15 is 0 Å². The average Bonchev–Trinajstić information content (AvgIpc) is 2.48. The summed E-state index contributed by atoms with van der Waals surface area (Å²) in [5.74, 6) is 1.18.